The van der Waals surface area contributed by atoms with E-state index in [0.717, 1.165) is 41.7 Å². The maximum Gasteiger partial charge on any atom is 0.408 e. The van der Waals surface area contributed by atoms with Gasteiger partial charge in [-0.05, 0) is 80.6 Å². The highest BCUT2D eigenvalue weighted by Crippen LogP contribution is 2.45. The van der Waals surface area contributed by atoms with Crippen LogP contribution in [0.2, 0.25) is 0 Å². The molecule has 1 atom stereocenters. The lowest BCUT2D eigenvalue weighted by molar-refractivity contribution is 0.0508. The molecule has 2 aliphatic rings. The van der Waals surface area contributed by atoms with E-state index in [1.165, 1.54) is 19.3 Å². The number of ether oxygens (including phenoxy) is 1. The van der Waals surface area contributed by atoms with Gasteiger partial charge in [0.15, 0.2) is 0 Å². The summed E-state index contributed by atoms with van der Waals surface area (Å²) in [6.07, 6.45) is 6.47. The van der Waals surface area contributed by atoms with Gasteiger partial charge in [0.2, 0.25) is 0 Å². The van der Waals surface area contributed by atoms with Gasteiger partial charge < -0.3 is 10.1 Å². The van der Waals surface area contributed by atoms with Gasteiger partial charge in [-0.25, -0.2) is 9.78 Å². The monoisotopic (exact) mass is 475 g/mol. The second kappa shape index (κ2) is 7.66. The van der Waals surface area contributed by atoms with E-state index in [1.807, 2.05) is 44.4 Å². The van der Waals surface area contributed by atoms with Gasteiger partial charge >= 0.3 is 6.09 Å². The zero-order valence-corrected chi connectivity index (χ0v) is 19.8. The van der Waals surface area contributed by atoms with Crippen molar-refractivity contribution in [2.75, 3.05) is 0 Å². The Bertz CT molecular complexity index is 1050. The van der Waals surface area contributed by atoms with Gasteiger partial charge in [-0.3, -0.25) is 9.36 Å². The highest BCUT2D eigenvalue weighted by molar-refractivity contribution is 9.10. The first-order valence-corrected chi connectivity index (χ1v) is 11.6. The summed E-state index contributed by atoms with van der Waals surface area (Å²) in [5.41, 5.74) is 1.07. The molecule has 0 radical (unpaired) electrons. The number of hydrogen-bond donors (Lipinski definition) is 1. The summed E-state index contributed by atoms with van der Waals surface area (Å²) in [4.78, 5) is 30.5. The fourth-order valence-electron chi connectivity index (χ4n) is 4.87. The third-order valence-corrected chi connectivity index (χ3v) is 6.97. The first kappa shape index (κ1) is 21.3. The number of nitrogens with zero attached hydrogens (tertiary/aromatic N) is 2. The molecule has 162 valence electrons. The lowest BCUT2D eigenvalue weighted by atomic mass is 9.72. The van der Waals surface area contributed by atoms with Crippen molar-refractivity contribution >= 4 is 32.9 Å². The van der Waals surface area contributed by atoms with Crippen LogP contribution < -0.4 is 10.9 Å². The maximum absolute atomic E-state index is 13.4. The van der Waals surface area contributed by atoms with E-state index in [2.05, 4.69) is 21.2 Å². The minimum absolute atomic E-state index is 0.0180. The third-order valence-electron chi connectivity index (χ3n) is 6.37. The molecule has 4 rings (SSSR count). The first-order valence-electron chi connectivity index (χ1n) is 10.8. The fourth-order valence-corrected chi connectivity index (χ4v) is 5.44. The van der Waals surface area contributed by atoms with E-state index >= 15 is 0 Å². The molecule has 1 amide bonds. The smallest absolute Gasteiger partial charge is 0.408 e. The van der Waals surface area contributed by atoms with Crippen LogP contribution in [0.15, 0.2) is 21.4 Å². The normalized spacial score (nSPS) is 19.0. The van der Waals surface area contributed by atoms with Gasteiger partial charge in [0.05, 0.1) is 16.9 Å². The number of fused-ring (bicyclic) bond motifs is 3. The summed E-state index contributed by atoms with van der Waals surface area (Å²) < 4.78 is 8.02. The van der Waals surface area contributed by atoms with E-state index in [-0.39, 0.29) is 17.0 Å². The van der Waals surface area contributed by atoms with Gasteiger partial charge in [0.25, 0.3) is 5.56 Å². The summed E-state index contributed by atoms with van der Waals surface area (Å²) in [6, 6.07) is 3.50. The van der Waals surface area contributed by atoms with Crippen molar-refractivity contribution in [2.45, 2.75) is 89.8 Å². The molecule has 2 heterocycles. The quantitative estimate of drug-likeness (QED) is 0.634. The lowest BCUT2D eigenvalue weighted by Gasteiger charge is -2.32. The predicted octanol–water partition coefficient (Wildman–Crippen LogP) is 5.35. The van der Waals surface area contributed by atoms with Crippen molar-refractivity contribution in [3.8, 4) is 0 Å². The molecular weight excluding hydrogens is 446 g/mol. The Balaban J connectivity index is 1.71. The number of amides is 1. The van der Waals surface area contributed by atoms with Crippen molar-refractivity contribution in [2.24, 2.45) is 0 Å². The number of aromatic nitrogens is 2. The largest absolute Gasteiger partial charge is 0.444 e. The minimum atomic E-state index is -0.563. The summed E-state index contributed by atoms with van der Waals surface area (Å²) in [6.45, 7) is 8.11. The van der Waals surface area contributed by atoms with Crippen LogP contribution in [-0.4, -0.2) is 21.2 Å². The molecule has 1 aromatic carbocycles. The van der Waals surface area contributed by atoms with Crippen molar-refractivity contribution in [3.05, 3.63) is 38.3 Å². The molecule has 1 saturated carbocycles. The van der Waals surface area contributed by atoms with Crippen LogP contribution in [0, 0.1) is 0 Å². The standard InChI is InChI=1S/C23H30BrN3O3/c1-14(25-21(29)30-22(2,3)4)15-12-16-18(17(24)13-15)26-20-23(8-6-5-7-9-23)10-11-27(20)19(16)28/h12-14H,5-11H2,1-4H3,(H,25,29). The topological polar surface area (TPSA) is 73.2 Å². The van der Waals surface area contributed by atoms with E-state index in [1.54, 1.807) is 0 Å². The van der Waals surface area contributed by atoms with Crippen LogP contribution >= 0.6 is 15.9 Å². The maximum atomic E-state index is 13.4. The van der Waals surface area contributed by atoms with Crippen LogP contribution in [0.1, 0.15) is 83.6 Å². The van der Waals surface area contributed by atoms with Crippen molar-refractivity contribution in [3.63, 3.8) is 0 Å². The molecule has 6 nitrogen and oxygen atoms in total. The van der Waals surface area contributed by atoms with Crippen LogP contribution in [0.3, 0.4) is 0 Å². The Labute approximate surface area is 185 Å². The van der Waals surface area contributed by atoms with E-state index in [4.69, 9.17) is 9.72 Å². The Morgan fingerprint density at radius 1 is 1.23 bits per heavy atom. The fraction of sp³-hybridized carbons (Fsp3) is 0.609. The second-order valence-electron chi connectivity index (χ2n) is 9.75. The zero-order valence-electron chi connectivity index (χ0n) is 18.2. The molecule has 2 aromatic rings. The summed E-state index contributed by atoms with van der Waals surface area (Å²) in [7, 11) is 0. The summed E-state index contributed by atoms with van der Waals surface area (Å²) in [5.74, 6) is 0.966. The average molecular weight is 476 g/mol. The van der Waals surface area contributed by atoms with E-state index in [0.29, 0.717) is 10.9 Å². The molecule has 1 fully saturated rings. The molecule has 1 aliphatic carbocycles. The summed E-state index contributed by atoms with van der Waals surface area (Å²) in [5, 5.41) is 3.44. The number of carbonyl (C=O) groups excluding carboxylic acids is 1. The van der Waals surface area contributed by atoms with Gasteiger partial charge in [0.1, 0.15) is 11.4 Å². The van der Waals surface area contributed by atoms with Gasteiger partial charge in [-0.2, -0.15) is 0 Å². The Hall–Kier alpha value is -1.89. The lowest BCUT2D eigenvalue weighted by Crippen LogP contribution is -2.34. The number of benzene rings is 1. The predicted molar refractivity (Wildman–Crippen MR) is 121 cm³/mol. The van der Waals surface area contributed by atoms with Gasteiger partial charge in [-0.1, -0.05) is 19.3 Å². The van der Waals surface area contributed by atoms with Crippen molar-refractivity contribution < 1.29 is 9.53 Å². The molecule has 30 heavy (non-hydrogen) atoms. The number of halogens is 1. The highest BCUT2D eigenvalue weighted by atomic mass is 79.9. The third kappa shape index (κ3) is 3.88. The highest BCUT2D eigenvalue weighted by Gasteiger charge is 2.42. The summed E-state index contributed by atoms with van der Waals surface area (Å²) >= 11 is 3.63. The van der Waals surface area contributed by atoms with Crippen molar-refractivity contribution in [1.82, 2.24) is 14.9 Å². The second-order valence-corrected chi connectivity index (χ2v) is 10.6. The zero-order chi connectivity index (χ0) is 21.7. The van der Waals surface area contributed by atoms with Crippen molar-refractivity contribution in [1.29, 1.82) is 0 Å². The van der Waals surface area contributed by atoms with Crippen LogP contribution in [0.5, 0.6) is 0 Å². The minimum Gasteiger partial charge on any atom is -0.444 e. The molecular formula is C23H30BrN3O3. The van der Waals surface area contributed by atoms with Crippen LogP contribution in [0.4, 0.5) is 4.79 Å². The first-order chi connectivity index (χ1) is 14.1. The molecule has 1 aromatic heterocycles. The van der Waals surface area contributed by atoms with E-state index in [9.17, 15) is 9.59 Å². The number of alkyl carbamates (subject to hydrolysis) is 1. The number of carbonyl (C=O) groups is 1. The molecule has 1 spiro atoms. The Kier molecular flexibility index (Phi) is 5.45. The SMILES string of the molecule is CC(NC(=O)OC(C)(C)C)c1cc(Br)c2nc3n(c(=O)c2c1)CCC31CCCCC1. The Morgan fingerprint density at radius 2 is 1.93 bits per heavy atom. The molecule has 1 N–H and O–H groups in total. The molecule has 0 saturated heterocycles. The van der Waals surface area contributed by atoms with Crippen LogP contribution in [-0.2, 0) is 16.7 Å². The van der Waals surface area contributed by atoms with Gasteiger partial charge in [0, 0.05) is 16.4 Å². The molecule has 7 heteroatoms. The van der Waals surface area contributed by atoms with Crippen LogP contribution in [0.25, 0.3) is 10.9 Å². The number of nitrogens with one attached hydrogen (secondary N) is 1. The number of hydrogen-bond acceptors (Lipinski definition) is 4. The van der Waals surface area contributed by atoms with E-state index < -0.39 is 11.7 Å². The molecule has 1 unspecified atom stereocenters. The molecule has 1 aliphatic heterocycles. The Morgan fingerprint density at radius 3 is 2.60 bits per heavy atom. The van der Waals surface area contributed by atoms with Gasteiger partial charge in [-0.15, -0.1) is 0 Å². The number of rotatable bonds is 2. The molecule has 0 bridgehead atoms. The average Bonchev–Trinajstić information content (AvgIpc) is 2.99.